The van der Waals surface area contributed by atoms with Crippen LogP contribution in [0.25, 0.3) is 0 Å². The van der Waals surface area contributed by atoms with Gasteiger partial charge < -0.3 is 15.2 Å². The van der Waals surface area contributed by atoms with Gasteiger partial charge in [0.15, 0.2) is 0 Å². The Morgan fingerprint density at radius 3 is 2.62 bits per heavy atom. The highest BCUT2D eigenvalue weighted by Crippen LogP contribution is 2.28. The zero-order chi connectivity index (χ0) is 15.1. The molecule has 1 atom stereocenters. The smallest absolute Gasteiger partial charge is 0.308 e. The number of hydrogen-bond donors (Lipinski definition) is 2. The van der Waals surface area contributed by atoms with Crippen molar-refractivity contribution >= 4 is 11.9 Å². The van der Waals surface area contributed by atoms with Gasteiger partial charge in [0, 0.05) is 6.54 Å². The van der Waals surface area contributed by atoms with Crippen LogP contribution in [0.15, 0.2) is 30.3 Å². The van der Waals surface area contributed by atoms with E-state index in [0.29, 0.717) is 18.9 Å². The van der Waals surface area contributed by atoms with Gasteiger partial charge in [0.05, 0.1) is 12.5 Å². The average Bonchev–Trinajstić information content (AvgIpc) is 3.28. The van der Waals surface area contributed by atoms with Gasteiger partial charge in [0.2, 0.25) is 5.91 Å². The number of carbonyl (C=O) groups is 2. The summed E-state index contributed by atoms with van der Waals surface area (Å²) < 4.78 is 5.27. The van der Waals surface area contributed by atoms with Crippen molar-refractivity contribution in [1.82, 2.24) is 5.32 Å². The Kier molecular flexibility index (Phi) is 5.75. The summed E-state index contributed by atoms with van der Waals surface area (Å²) in [7, 11) is 0. The summed E-state index contributed by atoms with van der Waals surface area (Å²) >= 11 is 0. The molecule has 2 N–H and O–H groups in total. The molecule has 1 fully saturated rings. The molecule has 1 aromatic rings. The second-order valence-corrected chi connectivity index (χ2v) is 5.49. The van der Waals surface area contributed by atoms with E-state index in [4.69, 9.17) is 4.74 Å². The number of benzene rings is 1. The van der Waals surface area contributed by atoms with E-state index in [9.17, 15) is 14.7 Å². The van der Waals surface area contributed by atoms with E-state index in [2.05, 4.69) is 5.32 Å². The van der Waals surface area contributed by atoms with Gasteiger partial charge in [-0.3, -0.25) is 9.59 Å². The van der Waals surface area contributed by atoms with Crippen molar-refractivity contribution in [3.63, 3.8) is 0 Å². The molecule has 0 spiro atoms. The summed E-state index contributed by atoms with van der Waals surface area (Å²) in [6.07, 6.45) is 2.76. The zero-order valence-electron chi connectivity index (χ0n) is 12.0. The van der Waals surface area contributed by atoms with Crippen molar-refractivity contribution in [3.05, 3.63) is 35.9 Å². The molecule has 114 valence electrons. The Morgan fingerprint density at radius 2 is 2.00 bits per heavy atom. The fraction of sp³-hybridized carbons (Fsp3) is 0.500. The summed E-state index contributed by atoms with van der Waals surface area (Å²) in [5.41, 5.74) is 0.948. The largest absolute Gasteiger partial charge is 0.481 e. The van der Waals surface area contributed by atoms with Crippen LogP contribution < -0.4 is 5.32 Å². The molecule has 0 saturated heterocycles. The van der Waals surface area contributed by atoms with E-state index in [1.54, 1.807) is 0 Å². The number of carboxylic acids is 1. The topological polar surface area (TPSA) is 75.6 Å². The minimum atomic E-state index is -0.905. The van der Waals surface area contributed by atoms with E-state index in [1.807, 2.05) is 30.3 Å². The van der Waals surface area contributed by atoms with Crippen LogP contribution in [0.2, 0.25) is 0 Å². The maximum Gasteiger partial charge on any atom is 0.308 e. The van der Waals surface area contributed by atoms with E-state index in [-0.39, 0.29) is 19.1 Å². The Labute approximate surface area is 124 Å². The summed E-state index contributed by atoms with van der Waals surface area (Å²) in [5.74, 6) is -1.17. The molecule has 1 amide bonds. The third-order valence-electron chi connectivity index (χ3n) is 3.50. The number of aliphatic carboxylic acids is 1. The van der Waals surface area contributed by atoms with Gasteiger partial charge >= 0.3 is 5.97 Å². The third-order valence-corrected chi connectivity index (χ3v) is 3.50. The lowest BCUT2D eigenvalue weighted by Gasteiger charge is -2.13. The lowest BCUT2D eigenvalue weighted by atomic mass is 9.99. The van der Waals surface area contributed by atoms with E-state index < -0.39 is 11.9 Å². The molecule has 1 aromatic carbocycles. The van der Waals surface area contributed by atoms with Crippen LogP contribution >= 0.6 is 0 Å². The zero-order valence-corrected chi connectivity index (χ0v) is 12.0. The molecular formula is C16H21NO4. The van der Waals surface area contributed by atoms with Crippen molar-refractivity contribution in [1.29, 1.82) is 0 Å². The summed E-state index contributed by atoms with van der Waals surface area (Å²) in [4.78, 5) is 22.8. The van der Waals surface area contributed by atoms with Gasteiger partial charge in [-0.05, 0) is 30.7 Å². The Bertz CT molecular complexity index is 470. The van der Waals surface area contributed by atoms with Crippen LogP contribution in [0.5, 0.6) is 0 Å². The van der Waals surface area contributed by atoms with Crippen molar-refractivity contribution < 1.29 is 19.4 Å². The van der Waals surface area contributed by atoms with Crippen molar-refractivity contribution in [2.24, 2.45) is 11.8 Å². The highest BCUT2D eigenvalue weighted by molar-refractivity contribution is 5.78. The number of carboxylic acid groups (broad SMARTS) is 1. The number of carbonyl (C=O) groups excluding carboxylic acids is 1. The van der Waals surface area contributed by atoms with Gasteiger partial charge in [0.25, 0.3) is 0 Å². The fourth-order valence-electron chi connectivity index (χ4n) is 2.04. The molecule has 1 aliphatic carbocycles. The molecule has 1 unspecified atom stereocenters. The van der Waals surface area contributed by atoms with E-state index in [0.717, 1.165) is 5.56 Å². The molecule has 0 aliphatic heterocycles. The predicted molar refractivity (Wildman–Crippen MR) is 77.8 cm³/mol. The molecule has 0 radical (unpaired) electrons. The molecule has 21 heavy (non-hydrogen) atoms. The second-order valence-electron chi connectivity index (χ2n) is 5.49. The van der Waals surface area contributed by atoms with Crippen LogP contribution in [0.1, 0.15) is 18.4 Å². The Hall–Kier alpha value is -1.88. The lowest BCUT2D eigenvalue weighted by molar-refractivity contribution is -0.141. The first-order chi connectivity index (χ1) is 10.1. The van der Waals surface area contributed by atoms with Gasteiger partial charge in [-0.15, -0.1) is 0 Å². The molecule has 5 heteroatoms. The molecule has 1 saturated carbocycles. The Morgan fingerprint density at radius 1 is 1.29 bits per heavy atom. The van der Waals surface area contributed by atoms with Crippen LogP contribution in [0.3, 0.4) is 0 Å². The quantitative estimate of drug-likeness (QED) is 0.722. The summed E-state index contributed by atoms with van der Waals surface area (Å²) in [5, 5.41) is 11.9. The Balaban J connectivity index is 1.71. The second kappa shape index (κ2) is 7.78. The number of rotatable bonds is 9. The van der Waals surface area contributed by atoms with Crippen LogP contribution in [-0.4, -0.2) is 36.7 Å². The van der Waals surface area contributed by atoms with Crippen molar-refractivity contribution in [2.75, 3.05) is 19.8 Å². The molecule has 0 bridgehead atoms. The fourth-order valence-corrected chi connectivity index (χ4v) is 2.04. The minimum Gasteiger partial charge on any atom is -0.481 e. The first-order valence-corrected chi connectivity index (χ1v) is 7.26. The van der Waals surface area contributed by atoms with E-state index >= 15 is 0 Å². The normalized spacial score (nSPS) is 15.4. The van der Waals surface area contributed by atoms with Gasteiger partial charge in [-0.1, -0.05) is 30.3 Å². The third kappa shape index (κ3) is 5.95. The predicted octanol–water partition coefficient (Wildman–Crippen LogP) is 1.47. The highest BCUT2D eigenvalue weighted by Gasteiger charge is 2.22. The van der Waals surface area contributed by atoms with Gasteiger partial charge in [0.1, 0.15) is 6.61 Å². The maximum atomic E-state index is 11.6. The van der Waals surface area contributed by atoms with Gasteiger partial charge in [-0.25, -0.2) is 0 Å². The molecule has 2 rings (SSSR count). The molecular weight excluding hydrogens is 270 g/mol. The average molecular weight is 291 g/mol. The molecule has 0 aromatic heterocycles. The SMILES string of the molecule is O=C(COCC1CC1)NCC(Cc1ccccc1)C(=O)O. The first-order valence-electron chi connectivity index (χ1n) is 7.26. The number of amides is 1. The van der Waals surface area contributed by atoms with Crippen LogP contribution in [-0.2, 0) is 20.7 Å². The number of nitrogens with one attached hydrogen (secondary N) is 1. The monoisotopic (exact) mass is 291 g/mol. The molecule has 5 nitrogen and oxygen atoms in total. The summed E-state index contributed by atoms with van der Waals surface area (Å²) in [6.45, 7) is 0.754. The lowest BCUT2D eigenvalue weighted by Crippen LogP contribution is -2.36. The summed E-state index contributed by atoms with van der Waals surface area (Å²) in [6, 6.07) is 9.41. The minimum absolute atomic E-state index is 0.00811. The molecule has 0 heterocycles. The van der Waals surface area contributed by atoms with Crippen LogP contribution in [0, 0.1) is 11.8 Å². The van der Waals surface area contributed by atoms with Crippen LogP contribution in [0.4, 0.5) is 0 Å². The standard InChI is InChI=1S/C16H21NO4/c18-15(11-21-10-13-6-7-13)17-9-14(16(19)20)8-12-4-2-1-3-5-12/h1-5,13-14H,6-11H2,(H,17,18)(H,19,20). The highest BCUT2D eigenvalue weighted by atomic mass is 16.5. The maximum absolute atomic E-state index is 11.6. The molecule has 1 aliphatic rings. The number of ether oxygens (including phenoxy) is 1. The van der Waals surface area contributed by atoms with Crippen molar-refractivity contribution in [3.8, 4) is 0 Å². The first kappa shape index (κ1) is 15.5. The van der Waals surface area contributed by atoms with Crippen molar-refractivity contribution in [2.45, 2.75) is 19.3 Å². The van der Waals surface area contributed by atoms with Gasteiger partial charge in [-0.2, -0.15) is 0 Å². The van der Waals surface area contributed by atoms with E-state index in [1.165, 1.54) is 12.8 Å². The number of hydrogen-bond acceptors (Lipinski definition) is 3.